The molecule has 0 spiro atoms. The predicted octanol–water partition coefficient (Wildman–Crippen LogP) is 2.10. The van der Waals surface area contributed by atoms with Gasteiger partial charge in [-0.25, -0.2) is 4.58 Å². The first-order valence-electron chi connectivity index (χ1n) is 7.10. The zero-order valence-corrected chi connectivity index (χ0v) is 13.3. The summed E-state index contributed by atoms with van der Waals surface area (Å²) in [6.07, 6.45) is 7.07. The highest BCUT2D eigenvalue weighted by Gasteiger charge is 2.20. The summed E-state index contributed by atoms with van der Waals surface area (Å²) >= 11 is 0. The van der Waals surface area contributed by atoms with Crippen LogP contribution < -0.4 is 9.84 Å². The van der Waals surface area contributed by atoms with Crippen LogP contribution in [0, 0.1) is 0 Å². The average molecular weight is 299 g/mol. The Bertz CT molecular complexity index is 669. The minimum absolute atomic E-state index is 0.365. The molecule has 1 aromatic rings. The molecule has 0 aliphatic heterocycles. The molecule has 4 nitrogen and oxygen atoms in total. The van der Waals surface area contributed by atoms with Gasteiger partial charge in [0.15, 0.2) is 6.20 Å². The van der Waals surface area contributed by atoms with E-state index in [1.165, 1.54) is 18.7 Å². The second kappa shape index (κ2) is 6.98. The predicted molar refractivity (Wildman–Crippen MR) is 85.8 cm³/mol. The third kappa shape index (κ3) is 3.58. The van der Waals surface area contributed by atoms with Crippen LogP contribution in [-0.2, 0) is 11.2 Å². The van der Waals surface area contributed by atoms with Crippen molar-refractivity contribution in [2.24, 2.45) is 0 Å². The summed E-state index contributed by atoms with van der Waals surface area (Å²) in [5.41, 5.74) is 4.49. The van der Waals surface area contributed by atoms with Crippen LogP contribution in [0.1, 0.15) is 17.5 Å². The molecule has 1 aliphatic rings. The zero-order chi connectivity index (χ0) is 16.1. The van der Waals surface area contributed by atoms with Gasteiger partial charge >= 0.3 is 0 Å². The molecule has 0 radical (unpaired) electrons. The second-order valence-corrected chi connectivity index (χ2v) is 5.20. The standard InChI is InChI=1S/C18H21NO3/c1-19(2)12-14-6-5-13-11-15(21-3)7-8-16(13)17(14)9-10-18(20)22-4/h7-12H,1,5-6H2,2-4H3/b14-12+,17-9+,18-10+. The molecule has 1 aromatic carbocycles. The van der Waals surface area contributed by atoms with Gasteiger partial charge in [-0.3, -0.25) is 0 Å². The van der Waals surface area contributed by atoms with Gasteiger partial charge < -0.3 is 14.6 Å². The lowest BCUT2D eigenvalue weighted by molar-refractivity contribution is -0.412. The van der Waals surface area contributed by atoms with Crippen LogP contribution in [-0.4, -0.2) is 32.6 Å². The number of nitrogens with zero attached hydrogens (tertiary/aromatic N) is 1. The summed E-state index contributed by atoms with van der Waals surface area (Å²) in [5, 5.41) is 11.4. The Balaban J connectivity index is 2.53. The number of hydrogen-bond donors (Lipinski definition) is 0. The summed E-state index contributed by atoms with van der Waals surface area (Å²) in [6.45, 7) is 3.87. The van der Waals surface area contributed by atoms with Gasteiger partial charge in [0.05, 0.1) is 13.1 Å². The number of benzene rings is 1. The molecule has 0 saturated heterocycles. The van der Waals surface area contributed by atoms with Crippen molar-refractivity contribution < 1.29 is 19.2 Å². The number of rotatable bonds is 4. The molecule has 1 aliphatic carbocycles. The Morgan fingerprint density at radius 2 is 2.09 bits per heavy atom. The van der Waals surface area contributed by atoms with Crippen LogP contribution in [0.15, 0.2) is 48.1 Å². The number of aryl methyl sites for hydroxylation is 1. The van der Waals surface area contributed by atoms with E-state index < -0.39 is 0 Å². The summed E-state index contributed by atoms with van der Waals surface area (Å²) in [7, 11) is 4.92. The molecule has 116 valence electrons. The molecule has 0 fully saturated rings. The van der Waals surface area contributed by atoms with Crippen molar-refractivity contribution in [3.05, 3.63) is 59.2 Å². The Kier molecular flexibility index (Phi) is 5.04. The van der Waals surface area contributed by atoms with Crippen LogP contribution in [0.3, 0.4) is 0 Å². The average Bonchev–Trinajstić information content (AvgIpc) is 2.52. The van der Waals surface area contributed by atoms with Crippen molar-refractivity contribution in [1.82, 2.24) is 0 Å². The van der Waals surface area contributed by atoms with E-state index >= 15 is 0 Å². The fraction of sp³-hybridized carbons (Fsp3) is 0.278. The lowest BCUT2D eigenvalue weighted by atomic mass is 9.83. The molecule has 0 bridgehead atoms. The van der Waals surface area contributed by atoms with Gasteiger partial charge in [0.1, 0.15) is 19.5 Å². The second-order valence-electron chi connectivity index (χ2n) is 5.20. The normalized spacial score (nSPS) is 18.2. The van der Waals surface area contributed by atoms with Crippen molar-refractivity contribution in [2.45, 2.75) is 12.8 Å². The fourth-order valence-electron chi connectivity index (χ4n) is 2.56. The van der Waals surface area contributed by atoms with Crippen molar-refractivity contribution >= 4 is 12.3 Å². The lowest BCUT2D eigenvalue weighted by Crippen LogP contribution is -2.08. The highest BCUT2D eigenvalue weighted by Crippen LogP contribution is 2.36. The van der Waals surface area contributed by atoms with Crippen molar-refractivity contribution in [3.8, 4) is 5.75 Å². The van der Waals surface area contributed by atoms with E-state index in [1.54, 1.807) is 11.7 Å². The van der Waals surface area contributed by atoms with Gasteiger partial charge in [-0.1, -0.05) is 12.1 Å². The first-order valence-corrected chi connectivity index (χ1v) is 7.10. The molecule has 4 heteroatoms. The van der Waals surface area contributed by atoms with Crippen LogP contribution in [0.4, 0.5) is 0 Å². The number of hydrogen-bond acceptors (Lipinski definition) is 3. The molecule has 0 N–H and O–H groups in total. The Morgan fingerprint density at radius 3 is 2.73 bits per heavy atom. The highest BCUT2D eigenvalue weighted by atomic mass is 16.6. The van der Waals surface area contributed by atoms with Crippen LogP contribution >= 0.6 is 0 Å². The van der Waals surface area contributed by atoms with Gasteiger partial charge in [-0.05, 0) is 54.9 Å². The lowest BCUT2D eigenvalue weighted by Gasteiger charge is -2.21. The molecular formula is C18H21NO3. The van der Waals surface area contributed by atoms with Crippen molar-refractivity contribution in [2.75, 3.05) is 21.3 Å². The van der Waals surface area contributed by atoms with Crippen molar-refractivity contribution in [3.63, 3.8) is 0 Å². The minimum atomic E-state index is -0.365. The molecule has 0 atom stereocenters. The first-order chi connectivity index (χ1) is 10.5. The van der Waals surface area contributed by atoms with Crippen LogP contribution in [0.5, 0.6) is 5.75 Å². The summed E-state index contributed by atoms with van der Waals surface area (Å²) in [6, 6.07) is 6.01. The van der Waals surface area contributed by atoms with E-state index in [2.05, 4.69) is 11.5 Å². The van der Waals surface area contributed by atoms with Crippen LogP contribution in [0.2, 0.25) is 0 Å². The first kappa shape index (κ1) is 15.9. The molecular weight excluding hydrogens is 278 g/mol. The molecule has 0 amide bonds. The Labute approximate surface area is 131 Å². The quantitative estimate of drug-likeness (QED) is 0.486. The van der Waals surface area contributed by atoms with E-state index in [4.69, 9.17) is 4.74 Å². The van der Waals surface area contributed by atoms with E-state index in [1.807, 2.05) is 37.5 Å². The zero-order valence-electron chi connectivity index (χ0n) is 13.3. The molecule has 0 saturated carbocycles. The molecule has 2 rings (SSSR count). The van der Waals surface area contributed by atoms with Gasteiger partial charge in [0.25, 0.3) is 0 Å². The monoisotopic (exact) mass is 299 g/mol. The molecule has 22 heavy (non-hydrogen) atoms. The minimum Gasteiger partial charge on any atom is -0.617 e. The Hall–Kier alpha value is -2.49. The van der Waals surface area contributed by atoms with E-state index in [0.29, 0.717) is 0 Å². The maximum absolute atomic E-state index is 11.4. The van der Waals surface area contributed by atoms with Gasteiger partial charge in [-0.2, -0.15) is 0 Å². The SMILES string of the molecule is C=[N+](C)\C=C1/CCc2cc(OC)ccc2/C1=C/C=C(\[O-])OC. The maximum atomic E-state index is 11.4. The number of ether oxygens (including phenoxy) is 2. The maximum Gasteiger partial charge on any atom is 0.171 e. The van der Waals surface area contributed by atoms with E-state index in [-0.39, 0.29) is 5.95 Å². The molecule has 0 heterocycles. The van der Waals surface area contributed by atoms with Gasteiger partial charge in [0, 0.05) is 5.57 Å². The molecule has 0 unspecified atom stereocenters. The fourth-order valence-corrected chi connectivity index (χ4v) is 2.56. The third-order valence-electron chi connectivity index (χ3n) is 3.58. The summed E-state index contributed by atoms with van der Waals surface area (Å²) in [4.78, 5) is 0. The number of methoxy groups -OCH3 is 2. The largest absolute Gasteiger partial charge is 0.617 e. The Morgan fingerprint density at radius 1 is 1.32 bits per heavy atom. The summed E-state index contributed by atoms with van der Waals surface area (Å²) < 4.78 is 11.7. The van der Waals surface area contributed by atoms with Gasteiger partial charge in [-0.15, -0.1) is 0 Å². The summed E-state index contributed by atoms with van der Waals surface area (Å²) in [5.74, 6) is 0.479. The highest BCUT2D eigenvalue weighted by molar-refractivity contribution is 5.83. The number of fused-ring (bicyclic) bond motifs is 1. The van der Waals surface area contributed by atoms with E-state index in [9.17, 15) is 5.11 Å². The smallest absolute Gasteiger partial charge is 0.171 e. The van der Waals surface area contributed by atoms with Crippen LogP contribution in [0.25, 0.3) is 5.57 Å². The van der Waals surface area contributed by atoms with Gasteiger partial charge in [0.2, 0.25) is 0 Å². The van der Waals surface area contributed by atoms with Crippen molar-refractivity contribution in [1.29, 1.82) is 0 Å². The molecule has 0 aromatic heterocycles. The number of allylic oxidation sites excluding steroid dienone is 4. The van der Waals surface area contributed by atoms with E-state index in [0.717, 1.165) is 35.3 Å². The third-order valence-corrected chi connectivity index (χ3v) is 3.58. The topological polar surface area (TPSA) is 44.5 Å².